The number of nitrogens with zero attached hydrogens (tertiary/aromatic N) is 2. The molecule has 2 aromatic rings. The van der Waals surface area contributed by atoms with Crippen molar-refractivity contribution in [3.63, 3.8) is 0 Å². The Balaban J connectivity index is 2.59. The predicted octanol–water partition coefficient (Wildman–Crippen LogP) is 3.06. The van der Waals surface area contributed by atoms with Crippen molar-refractivity contribution in [3.05, 3.63) is 71.8 Å². The predicted molar refractivity (Wildman–Crippen MR) is 77.8 cm³/mol. The lowest BCUT2D eigenvalue weighted by Crippen LogP contribution is -2.37. The molecule has 0 unspecified atom stereocenters. The topological polar surface area (TPSA) is 27.0 Å². The molecule has 2 rings (SSSR count). The van der Waals surface area contributed by atoms with Crippen LogP contribution in [-0.2, 0) is 5.41 Å². The minimum atomic E-state index is -0.619. The summed E-state index contributed by atoms with van der Waals surface area (Å²) in [5.41, 5.74) is 1.46. The number of benzene rings is 2. The van der Waals surface area contributed by atoms with Crippen molar-refractivity contribution in [2.75, 3.05) is 20.6 Å². The molecule has 0 spiro atoms. The highest BCUT2D eigenvalue weighted by molar-refractivity contribution is 5.46. The van der Waals surface area contributed by atoms with E-state index in [0.29, 0.717) is 6.54 Å². The van der Waals surface area contributed by atoms with Gasteiger partial charge in [-0.1, -0.05) is 60.7 Å². The highest BCUT2D eigenvalue weighted by Crippen LogP contribution is 2.32. The van der Waals surface area contributed by atoms with E-state index in [9.17, 15) is 5.26 Å². The van der Waals surface area contributed by atoms with E-state index >= 15 is 0 Å². The summed E-state index contributed by atoms with van der Waals surface area (Å²) in [5, 5.41) is 9.86. The van der Waals surface area contributed by atoms with E-state index in [1.807, 2.05) is 74.8 Å². The molecule has 0 amide bonds. The summed E-state index contributed by atoms with van der Waals surface area (Å²) >= 11 is 0. The average molecular weight is 250 g/mol. The summed E-state index contributed by atoms with van der Waals surface area (Å²) < 4.78 is 0. The van der Waals surface area contributed by atoms with Crippen LogP contribution in [0.15, 0.2) is 60.7 Å². The van der Waals surface area contributed by atoms with Crippen LogP contribution in [0.2, 0.25) is 0 Å². The lowest BCUT2D eigenvalue weighted by molar-refractivity contribution is 0.357. The number of rotatable bonds is 4. The molecule has 0 aliphatic rings. The van der Waals surface area contributed by atoms with Gasteiger partial charge in [-0.15, -0.1) is 0 Å². The van der Waals surface area contributed by atoms with E-state index in [1.165, 1.54) is 0 Å². The Kier molecular flexibility index (Phi) is 3.99. The number of nitriles is 1. The second-order valence-corrected chi connectivity index (χ2v) is 4.99. The zero-order valence-corrected chi connectivity index (χ0v) is 11.4. The first-order valence-corrected chi connectivity index (χ1v) is 6.36. The van der Waals surface area contributed by atoms with E-state index in [0.717, 1.165) is 11.1 Å². The first-order valence-electron chi connectivity index (χ1n) is 6.36. The molecule has 19 heavy (non-hydrogen) atoms. The van der Waals surface area contributed by atoms with Crippen LogP contribution in [0.4, 0.5) is 0 Å². The van der Waals surface area contributed by atoms with E-state index in [1.54, 1.807) is 0 Å². The fourth-order valence-corrected chi connectivity index (χ4v) is 2.43. The largest absolute Gasteiger partial charge is 0.307 e. The quantitative estimate of drug-likeness (QED) is 0.834. The summed E-state index contributed by atoms with van der Waals surface area (Å²) in [6, 6.07) is 22.5. The van der Waals surface area contributed by atoms with Crippen LogP contribution >= 0.6 is 0 Å². The average Bonchev–Trinajstić information content (AvgIpc) is 2.46. The molecule has 96 valence electrons. The molecule has 0 heterocycles. The maximum atomic E-state index is 9.86. The van der Waals surface area contributed by atoms with Gasteiger partial charge in [0.15, 0.2) is 0 Å². The van der Waals surface area contributed by atoms with Gasteiger partial charge >= 0.3 is 0 Å². The Morgan fingerprint density at radius 1 is 0.895 bits per heavy atom. The zero-order valence-electron chi connectivity index (χ0n) is 11.4. The van der Waals surface area contributed by atoms with Crippen LogP contribution in [0, 0.1) is 11.3 Å². The number of likely N-dealkylation sites (N-methyl/N-ethyl adjacent to an activating group) is 1. The molecule has 0 atom stereocenters. The molecule has 0 bridgehead atoms. The van der Waals surface area contributed by atoms with Crippen LogP contribution in [0.25, 0.3) is 0 Å². The normalized spacial score (nSPS) is 11.3. The molecule has 0 radical (unpaired) electrons. The molecule has 0 aliphatic heterocycles. The van der Waals surface area contributed by atoms with Gasteiger partial charge in [0.1, 0.15) is 5.41 Å². The Bertz CT molecular complexity index is 513. The Morgan fingerprint density at radius 2 is 1.32 bits per heavy atom. The SMILES string of the molecule is CN(C)CC(C#N)(c1ccccc1)c1ccccc1. The monoisotopic (exact) mass is 250 g/mol. The van der Waals surface area contributed by atoms with Gasteiger partial charge in [0, 0.05) is 6.54 Å². The highest BCUT2D eigenvalue weighted by Gasteiger charge is 2.34. The summed E-state index contributed by atoms with van der Waals surface area (Å²) in [6.07, 6.45) is 0. The molecule has 0 fully saturated rings. The van der Waals surface area contributed by atoms with Gasteiger partial charge in [-0.2, -0.15) is 5.26 Å². The molecule has 0 aromatic heterocycles. The van der Waals surface area contributed by atoms with Gasteiger partial charge in [-0.25, -0.2) is 0 Å². The molecule has 0 aliphatic carbocycles. The Labute approximate surface area is 114 Å². The van der Waals surface area contributed by atoms with Crippen molar-refractivity contribution < 1.29 is 0 Å². The van der Waals surface area contributed by atoms with E-state index in [4.69, 9.17) is 0 Å². The van der Waals surface area contributed by atoms with Crippen LogP contribution in [0.1, 0.15) is 11.1 Å². The molecule has 0 N–H and O–H groups in total. The maximum Gasteiger partial charge on any atom is 0.120 e. The minimum absolute atomic E-state index is 0.619. The lowest BCUT2D eigenvalue weighted by Gasteiger charge is -2.30. The van der Waals surface area contributed by atoms with E-state index in [-0.39, 0.29) is 0 Å². The summed E-state index contributed by atoms with van der Waals surface area (Å²) in [5.74, 6) is 0. The van der Waals surface area contributed by atoms with Crippen molar-refractivity contribution in [1.82, 2.24) is 4.90 Å². The second kappa shape index (κ2) is 5.69. The van der Waals surface area contributed by atoms with Crippen molar-refractivity contribution in [1.29, 1.82) is 5.26 Å². The number of hydrogen-bond donors (Lipinski definition) is 0. The van der Waals surface area contributed by atoms with Crippen molar-refractivity contribution in [2.24, 2.45) is 0 Å². The molecule has 0 saturated carbocycles. The van der Waals surface area contributed by atoms with Gasteiger partial charge in [-0.3, -0.25) is 0 Å². The van der Waals surface area contributed by atoms with Crippen LogP contribution in [-0.4, -0.2) is 25.5 Å². The zero-order chi connectivity index (χ0) is 13.7. The Hall–Kier alpha value is -2.11. The van der Waals surface area contributed by atoms with Gasteiger partial charge < -0.3 is 4.90 Å². The van der Waals surface area contributed by atoms with Crippen molar-refractivity contribution in [3.8, 4) is 6.07 Å². The lowest BCUT2D eigenvalue weighted by atomic mass is 9.75. The molecule has 2 heteroatoms. The summed E-state index contributed by atoms with van der Waals surface area (Å²) in [6.45, 7) is 0.664. The van der Waals surface area contributed by atoms with Crippen LogP contribution < -0.4 is 0 Å². The molecule has 2 aromatic carbocycles. The van der Waals surface area contributed by atoms with Crippen LogP contribution in [0.5, 0.6) is 0 Å². The first-order chi connectivity index (χ1) is 9.19. The van der Waals surface area contributed by atoms with Crippen molar-refractivity contribution in [2.45, 2.75) is 5.41 Å². The fraction of sp³-hybridized carbons (Fsp3) is 0.235. The third-order valence-corrected chi connectivity index (χ3v) is 3.28. The molecular formula is C17H18N2. The molecule has 0 saturated heterocycles. The third-order valence-electron chi connectivity index (χ3n) is 3.28. The Morgan fingerprint density at radius 3 is 1.63 bits per heavy atom. The van der Waals surface area contributed by atoms with Crippen LogP contribution in [0.3, 0.4) is 0 Å². The number of hydrogen-bond acceptors (Lipinski definition) is 2. The second-order valence-electron chi connectivity index (χ2n) is 4.99. The summed E-state index contributed by atoms with van der Waals surface area (Å²) in [4.78, 5) is 2.06. The standard InChI is InChI=1S/C17H18N2/c1-19(2)14-17(13-18,15-9-5-3-6-10-15)16-11-7-4-8-12-16/h3-12H,14H2,1-2H3. The molecular weight excluding hydrogens is 232 g/mol. The van der Waals surface area contributed by atoms with Crippen molar-refractivity contribution >= 4 is 0 Å². The fourth-order valence-electron chi connectivity index (χ4n) is 2.43. The molecule has 2 nitrogen and oxygen atoms in total. The minimum Gasteiger partial charge on any atom is -0.307 e. The summed E-state index contributed by atoms with van der Waals surface area (Å²) in [7, 11) is 4.00. The van der Waals surface area contributed by atoms with E-state index < -0.39 is 5.41 Å². The van der Waals surface area contributed by atoms with Gasteiger partial charge in [0.25, 0.3) is 0 Å². The van der Waals surface area contributed by atoms with Gasteiger partial charge in [0.2, 0.25) is 0 Å². The maximum absolute atomic E-state index is 9.86. The van der Waals surface area contributed by atoms with Gasteiger partial charge in [-0.05, 0) is 25.2 Å². The smallest absolute Gasteiger partial charge is 0.120 e. The highest BCUT2D eigenvalue weighted by atomic mass is 15.1. The van der Waals surface area contributed by atoms with E-state index in [2.05, 4.69) is 11.0 Å². The first kappa shape index (κ1) is 13.3. The third kappa shape index (κ3) is 2.67. The van der Waals surface area contributed by atoms with Gasteiger partial charge in [0.05, 0.1) is 6.07 Å².